The predicted molar refractivity (Wildman–Crippen MR) is 100 cm³/mol. The summed E-state index contributed by atoms with van der Waals surface area (Å²) in [6.07, 6.45) is 0. The lowest BCUT2D eigenvalue weighted by atomic mass is 9.81. The predicted octanol–water partition coefficient (Wildman–Crippen LogP) is 3.92. The van der Waals surface area contributed by atoms with E-state index in [1.54, 1.807) is 13.8 Å². The number of rotatable bonds is 6. The molecule has 0 amide bonds. The van der Waals surface area contributed by atoms with E-state index in [4.69, 9.17) is 10.5 Å². The number of carbonyl (C=O) groups is 1. The van der Waals surface area contributed by atoms with Gasteiger partial charge in [-0.1, -0.05) is 42.5 Å². The molecular formula is C19H25ClN2O2. The molecule has 0 bridgehead atoms. The van der Waals surface area contributed by atoms with Gasteiger partial charge in [0.25, 0.3) is 0 Å². The second-order valence-electron chi connectivity index (χ2n) is 6.15. The summed E-state index contributed by atoms with van der Waals surface area (Å²) in [7, 11) is 1.38. The van der Waals surface area contributed by atoms with Crippen molar-refractivity contribution >= 4 is 24.1 Å². The first kappa shape index (κ1) is 20.0. The van der Waals surface area contributed by atoms with Gasteiger partial charge in [-0.15, -0.1) is 12.4 Å². The fourth-order valence-electron chi connectivity index (χ4n) is 2.41. The SMILES string of the molecule is COC(=O)C(C)(C)[C@H](N)c1ccc(NCc2ccccc2)cc1.Cl. The van der Waals surface area contributed by atoms with E-state index < -0.39 is 11.5 Å². The highest BCUT2D eigenvalue weighted by Crippen LogP contribution is 2.32. The molecule has 24 heavy (non-hydrogen) atoms. The van der Waals surface area contributed by atoms with Crippen LogP contribution in [0.2, 0.25) is 0 Å². The van der Waals surface area contributed by atoms with Crippen LogP contribution < -0.4 is 11.1 Å². The average Bonchev–Trinajstić information content (AvgIpc) is 2.59. The van der Waals surface area contributed by atoms with Crippen LogP contribution in [0.3, 0.4) is 0 Å². The monoisotopic (exact) mass is 348 g/mol. The molecule has 0 heterocycles. The van der Waals surface area contributed by atoms with Gasteiger partial charge in [-0.3, -0.25) is 4.79 Å². The molecular weight excluding hydrogens is 324 g/mol. The van der Waals surface area contributed by atoms with Crippen molar-refractivity contribution in [3.05, 3.63) is 65.7 Å². The van der Waals surface area contributed by atoms with Gasteiger partial charge >= 0.3 is 5.97 Å². The number of halogens is 1. The molecule has 0 unspecified atom stereocenters. The fraction of sp³-hybridized carbons (Fsp3) is 0.316. The van der Waals surface area contributed by atoms with Gasteiger partial charge in [0.1, 0.15) is 0 Å². The van der Waals surface area contributed by atoms with Crippen molar-refractivity contribution in [2.24, 2.45) is 11.1 Å². The molecule has 4 nitrogen and oxygen atoms in total. The maximum atomic E-state index is 11.9. The minimum atomic E-state index is -0.770. The summed E-state index contributed by atoms with van der Waals surface area (Å²) in [5.41, 5.74) is 8.62. The highest BCUT2D eigenvalue weighted by Gasteiger charge is 2.36. The molecule has 0 aromatic heterocycles. The van der Waals surface area contributed by atoms with Crippen LogP contribution in [0.1, 0.15) is 31.0 Å². The third-order valence-electron chi connectivity index (χ3n) is 4.10. The van der Waals surface area contributed by atoms with Crippen molar-refractivity contribution in [2.45, 2.75) is 26.4 Å². The summed E-state index contributed by atoms with van der Waals surface area (Å²) >= 11 is 0. The lowest BCUT2D eigenvalue weighted by Crippen LogP contribution is -2.37. The number of hydrogen-bond acceptors (Lipinski definition) is 4. The van der Waals surface area contributed by atoms with Crippen molar-refractivity contribution in [3.63, 3.8) is 0 Å². The maximum absolute atomic E-state index is 11.9. The van der Waals surface area contributed by atoms with E-state index in [2.05, 4.69) is 17.4 Å². The van der Waals surface area contributed by atoms with Crippen molar-refractivity contribution in [3.8, 4) is 0 Å². The summed E-state index contributed by atoms with van der Waals surface area (Å²) in [5, 5.41) is 3.37. The molecule has 1 atom stereocenters. The highest BCUT2D eigenvalue weighted by atomic mass is 35.5. The fourth-order valence-corrected chi connectivity index (χ4v) is 2.41. The van der Waals surface area contributed by atoms with E-state index in [0.717, 1.165) is 17.8 Å². The van der Waals surface area contributed by atoms with Gasteiger partial charge in [0.2, 0.25) is 0 Å². The number of esters is 1. The highest BCUT2D eigenvalue weighted by molar-refractivity contribution is 5.85. The van der Waals surface area contributed by atoms with Crippen LogP contribution in [0, 0.1) is 5.41 Å². The Kier molecular flexibility index (Phi) is 7.26. The Hall–Kier alpha value is -2.04. The van der Waals surface area contributed by atoms with Gasteiger partial charge in [0.05, 0.1) is 12.5 Å². The first-order valence-electron chi connectivity index (χ1n) is 7.67. The van der Waals surface area contributed by atoms with E-state index in [1.165, 1.54) is 12.7 Å². The van der Waals surface area contributed by atoms with Gasteiger partial charge in [-0.2, -0.15) is 0 Å². The van der Waals surface area contributed by atoms with Crippen molar-refractivity contribution in [1.82, 2.24) is 0 Å². The quantitative estimate of drug-likeness (QED) is 0.776. The molecule has 0 aliphatic rings. The van der Waals surface area contributed by atoms with E-state index in [0.29, 0.717) is 0 Å². The summed E-state index contributed by atoms with van der Waals surface area (Å²) in [5.74, 6) is -0.309. The molecule has 2 rings (SSSR count). The smallest absolute Gasteiger partial charge is 0.313 e. The first-order valence-corrected chi connectivity index (χ1v) is 7.67. The van der Waals surface area contributed by atoms with Gasteiger partial charge in [0, 0.05) is 18.3 Å². The number of nitrogens with one attached hydrogen (secondary N) is 1. The Bertz CT molecular complexity index is 642. The van der Waals surface area contributed by atoms with Crippen molar-refractivity contribution in [1.29, 1.82) is 0 Å². The minimum Gasteiger partial charge on any atom is -0.469 e. The van der Waals surface area contributed by atoms with Crippen LogP contribution in [-0.4, -0.2) is 13.1 Å². The number of nitrogens with two attached hydrogens (primary N) is 1. The third kappa shape index (κ3) is 4.73. The van der Waals surface area contributed by atoms with Crippen LogP contribution in [0.25, 0.3) is 0 Å². The van der Waals surface area contributed by atoms with Crippen LogP contribution in [0.15, 0.2) is 54.6 Å². The first-order chi connectivity index (χ1) is 10.9. The molecule has 5 heteroatoms. The molecule has 0 spiro atoms. The van der Waals surface area contributed by atoms with E-state index in [-0.39, 0.29) is 18.4 Å². The summed E-state index contributed by atoms with van der Waals surface area (Å²) in [6, 6.07) is 17.6. The Labute approximate surface area is 149 Å². The Morgan fingerprint density at radius 1 is 1.12 bits per heavy atom. The molecule has 0 saturated heterocycles. The lowest BCUT2D eigenvalue weighted by Gasteiger charge is -2.29. The Morgan fingerprint density at radius 3 is 2.25 bits per heavy atom. The van der Waals surface area contributed by atoms with E-state index in [9.17, 15) is 4.79 Å². The zero-order valence-electron chi connectivity index (χ0n) is 14.3. The second-order valence-corrected chi connectivity index (χ2v) is 6.15. The molecule has 0 aliphatic carbocycles. The van der Waals surface area contributed by atoms with Gasteiger partial charge in [-0.25, -0.2) is 0 Å². The normalized spacial score (nSPS) is 12.0. The third-order valence-corrected chi connectivity index (χ3v) is 4.10. The molecule has 0 aliphatic heterocycles. The van der Waals surface area contributed by atoms with Crippen LogP contribution in [0.5, 0.6) is 0 Å². The summed E-state index contributed by atoms with van der Waals surface area (Å²) < 4.78 is 4.84. The van der Waals surface area contributed by atoms with Crippen molar-refractivity contribution < 1.29 is 9.53 Å². The molecule has 2 aromatic carbocycles. The Morgan fingerprint density at radius 2 is 1.71 bits per heavy atom. The van der Waals surface area contributed by atoms with Crippen LogP contribution in [0.4, 0.5) is 5.69 Å². The zero-order chi connectivity index (χ0) is 16.9. The molecule has 3 N–H and O–H groups in total. The Balaban J connectivity index is 0.00000288. The van der Waals surface area contributed by atoms with Gasteiger partial charge in [0.15, 0.2) is 0 Å². The number of anilines is 1. The van der Waals surface area contributed by atoms with Crippen molar-refractivity contribution in [2.75, 3.05) is 12.4 Å². The molecule has 130 valence electrons. The molecule has 2 aromatic rings. The van der Waals surface area contributed by atoms with E-state index in [1.807, 2.05) is 42.5 Å². The molecule has 0 radical (unpaired) electrons. The summed E-state index contributed by atoms with van der Waals surface area (Å²) in [4.78, 5) is 11.9. The lowest BCUT2D eigenvalue weighted by molar-refractivity contribution is -0.152. The number of hydrogen-bond donors (Lipinski definition) is 2. The summed E-state index contributed by atoms with van der Waals surface area (Å²) in [6.45, 7) is 4.36. The largest absolute Gasteiger partial charge is 0.469 e. The van der Waals surface area contributed by atoms with Gasteiger partial charge in [-0.05, 0) is 37.1 Å². The zero-order valence-corrected chi connectivity index (χ0v) is 15.1. The minimum absolute atomic E-state index is 0. The maximum Gasteiger partial charge on any atom is 0.313 e. The van der Waals surface area contributed by atoms with Crippen LogP contribution >= 0.6 is 12.4 Å². The number of benzene rings is 2. The molecule has 0 fully saturated rings. The molecule has 0 saturated carbocycles. The second kappa shape index (κ2) is 8.71. The number of carbonyl (C=O) groups excluding carboxylic acids is 1. The number of ether oxygens (including phenoxy) is 1. The number of methoxy groups -OCH3 is 1. The van der Waals surface area contributed by atoms with Gasteiger partial charge < -0.3 is 15.8 Å². The van der Waals surface area contributed by atoms with E-state index >= 15 is 0 Å². The average molecular weight is 349 g/mol. The topological polar surface area (TPSA) is 64.3 Å². The van der Waals surface area contributed by atoms with Crippen LogP contribution in [-0.2, 0) is 16.1 Å². The standard InChI is InChI=1S/C19H24N2O2.ClH/c1-19(2,18(22)23-3)17(20)15-9-11-16(12-10-15)21-13-14-7-5-4-6-8-14;/h4-12,17,21H,13,20H2,1-3H3;1H/t17-;/m1./s1.